The number of aryl methyl sites for hydroxylation is 1. The van der Waals surface area contributed by atoms with Crippen LogP contribution in [0.4, 0.5) is 0 Å². The first-order valence-electron chi connectivity index (χ1n) is 13.7. The standard InChI is InChI=1S/C32H42OS/c1-2-3-4-6-12-27-15-17-28(18-16-27)31-23-24-32(34-31)29-19-21-30(22-20-29)33-25-10-5-7-11-26-13-8-9-14-26/h15-24,26H,2-14,25H2,1H3. The number of benzene rings is 2. The maximum atomic E-state index is 6.00. The summed E-state index contributed by atoms with van der Waals surface area (Å²) in [7, 11) is 0. The molecule has 1 fully saturated rings. The maximum absolute atomic E-state index is 6.00. The molecule has 1 aromatic heterocycles. The summed E-state index contributed by atoms with van der Waals surface area (Å²) in [6.07, 6.45) is 17.6. The van der Waals surface area contributed by atoms with Gasteiger partial charge in [0.2, 0.25) is 0 Å². The van der Waals surface area contributed by atoms with Crippen LogP contribution in [-0.4, -0.2) is 6.61 Å². The minimum absolute atomic E-state index is 0.835. The Morgan fingerprint density at radius 1 is 0.706 bits per heavy atom. The van der Waals surface area contributed by atoms with E-state index in [1.165, 1.54) is 110 Å². The Morgan fingerprint density at radius 2 is 1.35 bits per heavy atom. The van der Waals surface area contributed by atoms with Gasteiger partial charge >= 0.3 is 0 Å². The monoisotopic (exact) mass is 474 g/mol. The van der Waals surface area contributed by atoms with E-state index in [9.17, 15) is 0 Å². The van der Waals surface area contributed by atoms with Gasteiger partial charge in [-0.05, 0) is 78.3 Å². The van der Waals surface area contributed by atoms with E-state index in [-0.39, 0.29) is 0 Å². The quantitative estimate of drug-likeness (QED) is 0.211. The molecule has 34 heavy (non-hydrogen) atoms. The Labute approximate surface area is 211 Å². The second kappa shape index (κ2) is 13.7. The average molecular weight is 475 g/mol. The summed E-state index contributed by atoms with van der Waals surface area (Å²) in [5.41, 5.74) is 4.05. The number of rotatable bonds is 14. The molecule has 2 aromatic carbocycles. The molecule has 182 valence electrons. The summed E-state index contributed by atoms with van der Waals surface area (Å²) in [6.45, 7) is 3.11. The predicted octanol–water partition coefficient (Wildman–Crippen LogP) is 10.3. The van der Waals surface area contributed by atoms with Crippen molar-refractivity contribution in [2.75, 3.05) is 6.61 Å². The van der Waals surface area contributed by atoms with Gasteiger partial charge in [0.1, 0.15) is 5.75 Å². The Balaban J connectivity index is 1.21. The molecule has 0 bridgehead atoms. The predicted molar refractivity (Wildman–Crippen MR) is 149 cm³/mol. The molecule has 3 aromatic rings. The van der Waals surface area contributed by atoms with Crippen molar-refractivity contribution in [1.82, 2.24) is 0 Å². The van der Waals surface area contributed by atoms with E-state index in [0.29, 0.717) is 0 Å². The minimum atomic E-state index is 0.835. The van der Waals surface area contributed by atoms with Crippen LogP contribution in [0.2, 0.25) is 0 Å². The molecule has 4 rings (SSSR count). The minimum Gasteiger partial charge on any atom is -0.494 e. The lowest BCUT2D eigenvalue weighted by molar-refractivity contribution is 0.302. The van der Waals surface area contributed by atoms with Crippen LogP contribution in [0.3, 0.4) is 0 Å². The van der Waals surface area contributed by atoms with Crippen molar-refractivity contribution in [3.8, 4) is 26.6 Å². The Morgan fingerprint density at radius 3 is 2.03 bits per heavy atom. The van der Waals surface area contributed by atoms with Crippen LogP contribution in [0.25, 0.3) is 20.9 Å². The van der Waals surface area contributed by atoms with Crippen molar-refractivity contribution in [3.63, 3.8) is 0 Å². The lowest BCUT2D eigenvalue weighted by Crippen LogP contribution is -1.98. The summed E-state index contributed by atoms with van der Waals surface area (Å²) in [4.78, 5) is 2.66. The van der Waals surface area contributed by atoms with Crippen LogP contribution in [0.15, 0.2) is 60.7 Å². The third kappa shape index (κ3) is 7.73. The lowest BCUT2D eigenvalue weighted by Gasteiger charge is -2.09. The van der Waals surface area contributed by atoms with Gasteiger partial charge in [-0.25, -0.2) is 0 Å². The zero-order chi connectivity index (χ0) is 23.4. The first-order chi connectivity index (χ1) is 16.8. The molecule has 0 amide bonds. The smallest absolute Gasteiger partial charge is 0.119 e. The van der Waals surface area contributed by atoms with Crippen molar-refractivity contribution in [2.24, 2.45) is 5.92 Å². The average Bonchev–Trinajstić information content (AvgIpc) is 3.58. The molecule has 0 unspecified atom stereocenters. The number of thiophene rings is 1. The normalized spacial score (nSPS) is 14.0. The second-order valence-electron chi connectivity index (χ2n) is 10.0. The highest BCUT2D eigenvalue weighted by molar-refractivity contribution is 7.18. The molecule has 0 spiro atoms. The van der Waals surface area contributed by atoms with Gasteiger partial charge in [-0.15, -0.1) is 11.3 Å². The summed E-state index contributed by atoms with van der Waals surface area (Å²) in [6, 6.07) is 22.3. The first-order valence-corrected chi connectivity index (χ1v) is 14.6. The first kappa shape index (κ1) is 25.0. The maximum Gasteiger partial charge on any atom is 0.119 e. The zero-order valence-electron chi connectivity index (χ0n) is 21.1. The fourth-order valence-corrected chi connectivity index (χ4v) is 6.17. The number of hydrogen-bond acceptors (Lipinski definition) is 2. The molecule has 0 radical (unpaired) electrons. The van der Waals surface area contributed by atoms with Gasteiger partial charge in [0.15, 0.2) is 0 Å². The highest BCUT2D eigenvalue weighted by atomic mass is 32.1. The van der Waals surface area contributed by atoms with Crippen LogP contribution in [0, 0.1) is 5.92 Å². The van der Waals surface area contributed by atoms with E-state index >= 15 is 0 Å². The van der Waals surface area contributed by atoms with Crippen LogP contribution < -0.4 is 4.74 Å². The number of ether oxygens (including phenoxy) is 1. The molecule has 0 N–H and O–H groups in total. The van der Waals surface area contributed by atoms with Gasteiger partial charge in [0.25, 0.3) is 0 Å². The molecule has 1 heterocycles. The topological polar surface area (TPSA) is 9.23 Å². The zero-order valence-corrected chi connectivity index (χ0v) is 21.9. The Bertz CT molecular complexity index is 947. The van der Waals surface area contributed by atoms with Crippen LogP contribution in [0.1, 0.15) is 89.5 Å². The van der Waals surface area contributed by atoms with E-state index in [0.717, 1.165) is 18.3 Å². The second-order valence-corrected chi connectivity index (χ2v) is 11.1. The third-order valence-corrected chi connectivity index (χ3v) is 8.49. The van der Waals surface area contributed by atoms with Gasteiger partial charge in [-0.3, -0.25) is 0 Å². The van der Waals surface area contributed by atoms with Gasteiger partial charge < -0.3 is 4.74 Å². The highest BCUT2D eigenvalue weighted by Crippen LogP contribution is 2.35. The molecule has 1 aliphatic rings. The van der Waals surface area contributed by atoms with E-state index in [1.807, 2.05) is 11.3 Å². The summed E-state index contributed by atoms with van der Waals surface area (Å²) in [5.74, 6) is 2.01. The fraction of sp³-hybridized carbons (Fsp3) is 0.500. The molecule has 2 heteroatoms. The number of hydrogen-bond donors (Lipinski definition) is 0. The molecule has 0 atom stereocenters. The van der Waals surface area contributed by atoms with Crippen LogP contribution >= 0.6 is 11.3 Å². The van der Waals surface area contributed by atoms with Gasteiger partial charge in [-0.1, -0.05) is 95.4 Å². The van der Waals surface area contributed by atoms with E-state index < -0.39 is 0 Å². The molecular weight excluding hydrogens is 432 g/mol. The van der Waals surface area contributed by atoms with Crippen LogP contribution in [0.5, 0.6) is 5.75 Å². The SMILES string of the molecule is CCCCCCc1ccc(-c2ccc(-c3ccc(OCCCCCC4CCCC4)cc3)s2)cc1. The Kier molecular flexibility index (Phi) is 10.1. The third-order valence-electron chi connectivity index (χ3n) is 7.30. The lowest BCUT2D eigenvalue weighted by atomic mass is 10.0. The van der Waals surface area contributed by atoms with Crippen molar-refractivity contribution >= 4 is 11.3 Å². The largest absolute Gasteiger partial charge is 0.494 e. The molecule has 1 nitrogen and oxygen atoms in total. The molecular formula is C32H42OS. The fourth-order valence-electron chi connectivity index (χ4n) is 5.16. The van der Waals surface area contributed by atoms with Crippen molar-refractivity contribution < 1.29 is 4.74 Å². The van der Waals surface area contributed by atoms with Gasteiger partial charge in [0, 0.05) is 9.75 Å². The molecule has 0 saturated heterocycles. The highest BCUT2D eigenvalue weighted by Gasteiger charge is 2.13. The van der Waals surface area contributed by atoms with E-state index in [2.05, 4.69) is 67.6 Å². The van der Waals surface area contributed by atoms with Crippen molar-refractivity contribution in [1.29, 1.82) is 0 Å². The van der Waals surface area contributed by atoms with Gasteiger partial charge in [0.05, 0.1) is 6.61 Å². The van der Waals surface area contributed by atoms with Crippen LogP contribution in [-0.2, 0) is 6.42 Å². The summed E-state index contributed by atoms with van der Waals surface area (Å²) < 4.78 is 6.00. The summed E-state index contributed by atoms with van der Waals surface area (Å²) >= 11 is 1.87. The number of unbranched alkanes of at least 4 members (excludes halogenated alkanes) is 5. The summed E-state index contributed by atoms with van der Waals surface area (Å²) in [5, 5.41) is 0. The molecule has 1 saturated carbocycles. The van der Waals surface area contributed by atoms with Gasteiger partial charge in [-0.2, -0.15) is 0 Å². The Hall–Kier alpha value is -2.06. The van der Waals surface area contributed by atoms with E-state index in [1.54, 1.807) is 0 Å². The molecule has 1 aliphatic carbocycles. The molecule has 0 aliphatic heterocycles. The van der Waals surface area contributed by atoms with E-state index in [4.69, 9.17) is 4.74 Å². The van der Waals surface area contributed by atoms with Crippen molar-refractivity contribution in [3.05, 3.63) is 66.2 Å². The van der Waals surface area contributed by atoms with Crippen molar-refractivity contribution in [2.45, 2.75) is 90.4 Å².